The van der Waals surface area contributed by atoms with Gasteiger partial charge in [0.05, 0.1) is 0 Å². The molecule has 1 aromatic carbocycles. The lowest BCUT2D eigenvalue weighted by molar-refractivity contribution is -0.116. The Morgan fingerprint density at radius 2 is 1.96 bits per heavy atom. The van der Waals surface area contributed by atoms with Gasteiger partial charge in [-0.15, -0.1) is 12.3 Å². The SMILES string of the molecule is C#CCCC1(CCC(=O)Nc2ccc(N3CCCN(C)CC3)cc2)N=N1. The van der Waals surface area contributed by atoms with E-state index in [1.54, 1.807) is 0 Å². The number of carbonyl (C=O) groups is 1. The van der Waals surface area contributed by atoms with Crippen molar-refractivity contribution in [1.82, 2.24) is 4.90 Å². The third-order valence-electron chi connectivity index (χ3n) is 5.04. The van der Waals surface area contributed by atoms with Gasteiger partial charge in [0.2, 0.25) is 5.91 Å². The van der Waals surface area contributed by atoms with Gasteiger partial charge in [0.15, 0.2) is 5.66 Å². The number of terminal acetylenes is 1. The van der Waals surface area contributed by atoms with Crippen LogP contribution in [0.5, 0.6) is 0 Å². The highest BCUT2D eigenvalue weighted by Gasteiger charge is 2.39. The fraction of sp³-hybridized carbons (Fsp3) is 0.550. The minimum Gasteiger partial charge on any atom is -0.370 e. The lowest BCUT2D eigenvalue weighted by Crippen LogP contribution is -2.28. The normalized spacial score (nSPS) is 18.8. The molecule has 2 heterocycles. The number of carbonyl (C=O) groups excluding carboxylic acids is 1. The maximum absolute atomic E-state index is 12.2. The number of amides is 1. The summed E-state index contributed by atoms with van der Waals surface area (Å²) < 4.78 is 0. The molecule has 2 aliphatic rings. The number of anilines is 2. The van der Waals surface area contributed by atoms with E-state index in [9.17, 15) is 4.79 Å². The van der Waals surface area contributed by atoms with Crippen LogP contribution in [0.1, 0.15) is 32.1 Å². The third kappa shape index (κ3) is 5.06. The molecule has 0 bridgehead atoms. The van der Waals surface area contributed by atoms with Gasteiger partial charge in [-0.25, -0.2) is 0 Å². The van der Waals surface area contributed by atoms with Crippen molar-refractivity contribution in [2.45, 2.75) is 37.8 Å². The van der Waals surface area contributed by atoms with Gasteiger partial charge in [0.1, 0.15) is 0 Å². The molecule has 0 spiro atoms. The number of hydrogen-bond donors (Lipinski definition) is 1. The monoisotopic (exact) mass is 353 g/mol. The standard InChI is InChI=1S/C20H27N5O/c1-3-4-11-20(22-23-20)12-10-19(26)21-17-6-8-18(9-7-17)25-14-5-13-24(2)15-16-25/h1,6-9H,4-5,10-16H2,2H3,(H,21,26). The van der Waals surface area contributed by atoms with E-state index in [1.165, 1.54) is 12.1 Å². The van der Waals surface area contributed by atoms with Crippen LogP contribution in [-0.4, -0.2) is 49.7 Å². The Bertz CT molecular complexity index is 685. The smallest absolute Gasteiger partial charge is 0.224 e. The summed E-state index contributed by atoms with van der Waals surface area (Å²) in [6.07, 6.45) is 8.86. The van der Waals surface area contributed by atoms with E-state index in [4.69, 9.17) is 6.42 Å². The van der Waals surface area contributed by atoms with Crippen molar-refractivity contribution in [2.24, 2.45) is 10.2 Å². The summed E-state index contributed by atoms with van der Waals surface area (Å²) in [6, 6.07) is 8.12. The molecule has 1 amide bonds. The molecular formula is C20H27N5O. The van der Waals surface area contributed by atoms with Crippen LogP contribution in [0.4, 0.5) is 11.4 Å². The van der Waals surface area contributed by atoms with Gasteiger partial charge in [-0.3, -0.25) is 4.79 Å². The van der Waals surface area contributed by atoms with Gasteiger partial charge < -0.3 is 15.1 Å². The molecule has 0 aromatic heterocycles. The second-order valence-electron chi connectivity index (χ2n) is 7.13. The number of likely N-dealkylation sites (N-methyl/N-ethyl adjacent to an activating group) is 1. The minimum absolute atomic E-state index is 0.00784. The third-order valence-corrected chi connectivity index (χ3v) is 5.04. The van der Waals surface area contributed by atoms with E-state index in [1.807, 2.05) is 12.1 Å². The first-order valence-electron chi connectivity index (χ1n) is 9.31. The van der Waals surface area contributed by atoms with Gasteiger partial charge in [-0.1, -0.05) is 0 Å². The van der Waals surface area contributed by atoms with Gasteiger partial charge in [0.25, 0.3) is 0 Å². The van der Waals surface area contributed by atoms with Gasteiger partial charge in [-0.2, -0.15) is 10.2 Å². The fourth-order valence-electron chi connectivity index (χ4n) is 3.27. The minimum atomic E-state index is -0.395. The number of nitrogens with one attached hydrogen (secondary N) is 1. The van der Waals surface area contributed by atoms with Crippen LogP contribution in [0, 0.1) is 12.3 Å². The second kappa shape index (κ2) is 8.33. The van der Waals surface area contributed by atoms with Crippen LogP contribution in [0.3, 0.4) is 0 Å². The summed E-state index contributed by atoms with van der Waals surface area (Å²) in [6.45, 7) is 4.33. The Labute approximate surface area is 155 Å². The van der Waals surface area contributed by atoms with E-state index in [2.05, 4.69) is 50.4 Å². The van der Waals surface area contributed by atoms with Crippen LogP contribution in [0.25, 0.3) is 0 Å². The van der Waals surface area contributed by atoms with Crippen molar-refractivity contribution in [3.05, 3.63) is 24.3 Å². The molecule has 2 aliphatic heterocycles. The van der Waals surface area contributed by atoms with E-state index in [-0.39, 0.29) is 5.91 Å². The predicted molar refractivity (Wildman–Crippen MR) is 104 cm³/mol. The predicted octanol–water partition coefficient (Wildman–Crippen LogP) is 3.12. The first kappa shape index (κ1) is 18.4. The molecule has 1 aromatic rings. The zero-order valence-electron chi connectivity index (χ0n) is 15.4. The van der Waals surface area contributed by atoms with E-state index in [0.717, 1.165) is 38.3 Å². The molecule has 6 nitrogen and oxygen atoms in total. The Morgan fingerprint density at radius 1 is 1.19 bits per heavy atom. The average molecular weight is 353 g/mol. The Kier molecular flexibility index (Phi) is 5.89. The summed E-state index contributed by atoms with van der Waals surface area (Å²) in [7, 11) is 2.17. The van der Waals surface area contributed by atoms with E-state index >= 15 is 0 Å². The quantitative estimate of drug-likeness (QED) is 0.766. The molecule has 0 radical (unpaired) electrons. The molecule has 6 heteroatoms. The Morgan fingerprint density at radius 3 is 2.65 bits per heavy atom. The fourth-order valence-corrected chi connectivity index (χ4v) is 3.27. The lowest BCUT2D eigenvalue weighted by atomic mass is 10.0. The molecular weight excluding hydrogens is 326 g/mol. The van der Waals surface area contributed by atoms with E-state index < -0.39 is 5.66 Å². The van der Waals surface area contributed by atoms with Crippen molar-refractivity contribution in [3.8, 4) is 12.3 Å². The first-order chi connectivity index (χ1) is 12.6. The summed E-state index contributed by atoms with van der Waals surface area (Å²) in [5.41, 5.74) is 1.64. The maximum Gasteiger partial charge on any atom is 0.224 e. The average Bonchev–Trinajstić information content (AvgIpc) is 3.44. The zero-order chi connectivity index (χ0) is 18.4. The van der Waals surface area contributed by atoms with Crippen molar-refractivity contribution in [1.29, 1.82) is 0 Å². The Hall–Kier alpha value is -2.39. The number of nitrogens with zero attached hydrogens (tertiary/aromatic N) is 4. The van der Waals surface area contributed by atoms with Crippen molar-refractivity contribution in [3.63, 3.8) is 0 Å². The van der Waals surface area contributed by atoms with Crippen molar-refractivity contribution >= 4 is 17.3 Å². The number of rotatable bonds is 7. The topological polar surface area (TPSA) is 60.3 Å². The van der Waals surface area contributed by atoms with E-state index in [0.29, 0.717) is 19.3 Å². The molecule has 1 saturated heterocycles. The molecule has 0 aliphatic carbocycles. The lowest BCUT2D eigenvalue weighted by Gasteiger charge is -2.23. The molecule has 138 valence electrons. The highest BCUT2D eigenvalue weighted by Crippen LogP contribution is 2.37. The highest BCUT2D eigenvalue weighted by atomic mass is 16.1. The van der Waals surface area contributed by atoms with Crippen LogP contribution >= 0.6 is 0 Å². The van der Waals surface area contributed by atoms with Gasteiger partial charge in [0, 0.05) is 56.7 Å². The number of benzene rings is 1. The molecule has 0 saturated carbocycles. The summed E-state index contributed by atoms with van der Waals surface area (Å²) in [5.74, 6) is 2.59. The maximum atomic E-state index is 12.2. The summed E-state index contributed by atoms with van der Waals surface area (Å²) in [4.78, 5) is 16.9. The Balaban J connectivity index is 1.46. The second-order valence-corrected chi connectivity index (χ2v) is 7.13. The molecule has 3 rings (SSSR count). The summed E-state index contributed by atoms with van der Waals surface area (Å²) >= 11 is 0. The molecule has 0 atom stereocenters. The van der Waals surface area contributed by atoms with Crippen molar-refractivity contribution < 1.29 is 4.79 Å². The molecule has 26 heavy (non-hydrogen) atoms. The first-order valence-corrected chi connectivity index (χ1v) is 9.31. The molecule has 1 N–H and O–H groups in total. The van der Waals surface area contributed by atoms with Crippen LogP contribution < -0.4 is 10.2 Å². The van der Waals surface area contributed by atoms with Gasteiger partial charge >= 0.3 is 0 Å². The molecule has 0 unspecified atom stereocenters. The largest absolute Gasteiger partial charge is 0.370 e. The van der Waals surface area contributed by atoms with Gasteiger partial charge in [-0.05, 0) is 44.3 Å². The van der Waals surface area contributed by atoms with Crippen LogP contribution in [0.2, 0.25) is 0 Å². The van der Waals surface area contributed by atoms with Crippen LogP contribution in [0.15, 0.2) is 34.5 Å². The number of hydrogen-bond acceptors (Lipinski definition) is 5. The summed E-state index contributed by atoms with van der Waals surface area (Å²) in [5, 5.41) is 11.1. The van der Waals surface area contributed by atoms with Crippen molar-refractivity contribution in [2.75, 3.05) is 43.4 Å². The molecule has 1 fully saturated rings. The zero-order valence-corrected chi connectivity index (χ0v) is 15.4. The van der Waals surface area contributed by atoms with Crippen LogP contribution in [-0.2, 0) is 4.79 Å². The highest BCUT2D eigenvalue weighted by molar-refractivity contribution is 5.90.